The molecule has 0 fully saturated rings. The van der Waals surface area contributed by atoms with Gasteiger partial charge in [0.1, 0.15) is 5.75 Å². The maximum Gasteiger partial charge on any atom is 0.228 e. The number of hydrogen-bond acceptors (Lipinski definition) is 5. The minimum Gasteiger partial charge on any atom is -0.508 e. The maximum atomic E-state index is 9.37. The highest BCUT2D eigenvalue weighted by atomic mass is 16.5. The molecule has 90 valence electrons. The van der Waals surface area contributed by atoms with Crippen LogP contribution < -0.4 is 5.32 Å². The van der Waals surface area contributed by atoms with Crippen LogP contribution in [0.25, 0.3) is 11.4 Å². The molecule has 0 aliphatic carbocycles. The highest BCUT2D eigenvalue weighted by molar-refractivity contribution is 5.56. The Bertz CT molecular complexity index is 496. The molecular formula is C12H15N3O2. The number of aromatic nitrogens is 2. The van der Waals surface area contributed by atoms with Crippen LogP contribution in [-0.2, 0) is 6.42 Å². The van der Waals surface area contributed by atoms with Gasteiger partial charge in [0.2, 0.25) is 11.7 Å². The fourth-order valence-electron chi connectivity index (χ4n) is 1.46. The van der Waals surface area contributed by atoms with Crippen LogP contribution in [-0.4, -0.2) is 28.3 Å². The molecule has 0 aliphatic rings. The third-order valence-electron chi connectivity index (χ3n) is 2.55. The number of phenols is 1. The van der Waals surface area contributed by atoms with Crippen LogP contribution in [0, 0.1) is 0 Å². The van der Waals surface area contributed by atoms with Gasteiger partial charge in [-0.25, -0.2) is 0 Å². The smallest absolute Gasteiger partial charge is 0.228 e. The van der Waals surface area contributed by atoms with Crippen molar-refractivity contribution in [1.82, 2.24) is 15.5 Å². The van der Waals surface area contributed by atoms with Crippen LogP contribution in [0.3, 0.4) is 0 Å². The van der Waals surface area contributed by atoms with Crippen molar-refractivity contribution >= 4 is 0 Å². The topological polar surface area (TPSA) is 71.2 Å². The first-order chi connectivity index (χ1) is 8.19. The van der Waals surface area contributed by atoms with E-state index in [-0.39, 0.29) is 11.8 Å². The van der Waals surface area contributed by atoms with Crippen molar-refractivity contribution in [3.63, 3.8) is 0 Å². The third kappa shape index (κ3) is 2.82. The molecule has 0 aliphatic heterocycles. The Balaban J connectivity index is 2.18. The van der Waals surface area contributed by atoms with E-state index in [1.165, 1.54) is 0 Å². The minimum atomic E-state index is 0.192. The average molecular weight is 233 g/mol. The van der Waals surface area contributed by atoms with Crippen molar-refractivity contribution < 1.29 is 9.63 Å². The second kappa shape index (κ2) is 4.97. The highest BCUT2D eigenvalue weighted by Crippen LogP contribution is 2.20. The summed E-state index contributed by atoms with van der Waals surface area (Å²) in [4.78, 5) is 4.28. The number of hydrogen-bond donors (Lipinski definition) is 2. The van der Waals surface area contributed by atoms with Gasteiger partial charge >= 0.3 is 0 Å². The first-order valence-electron chi connectivity index (χ1n) is 5.48. The Morgan fingerprint density at radius 1 is 1.47 bits per heavy atom. The molecule has 0 radical (unpaired) electrons. The highest BCUT2D eigenvalue weighted by Gasteiger charge is 2.11. The number of nitrogens with zero attached hydrogens (tertiary/aromatic N) is 2. The summed E-state index contributed by atoms with van der Waals surface area (Å²) in [5.74, 6) is 1.28. The van der Waals surface area contributed by atoms with Gasteiger partial charge in [-0.3, -0.25) is 0 Å². The lowest BCUT2D eigenvalue weighted by Gasteiger charge is -2.04. The fraction of sp³-hybridized carbons (Fsp3) is 0.333. The van der Waals surface area contributed by atoms with Crippen LogP contribution in [0.2, 0.25) is 0 Å². The standard InChI is InChI=1S/C12H15N3O2/c1-8(13-2)6-11-14-12(15-17-11)9-4-3-5-10(16)7-9/h3-5,7-8,13,16H,6H2,1-2H3. The number of likely N-dealkylation sites (N-methyl/N-ethyl adjacent to an activating group) is 1. The Morgan fingerprint density at radius 2 is 2.29 bits per heavy atom. The summed E-state index contributed by atoms with van der Waals surface area (Å²) in [6.45, 7) is 2.04. The molecule has 5 heteroatoms. The van der Waals surface area contributed by atoms with Gasteiger partial charge in [-0.15, -0.1) is 0 Å². The normalized spacial score (nSPS) is 12.6. The Kier molecular flexibility index (Phi) is 3.39. The predicted molar refractivity (Wildman–Crippen MR) is 63.6 cm³/mol. The lowest BCUT2D eigenvalue weighted by atomic mass is 10.2. The fourth-order valence-corrected chi connectivity index (χ4v) is 1.46. The molecule has 0 saturated heterocycles. The summed E-state index contributed by atoms with van der Waals surface area (Å²) in [5, 5.41) is 16.4. The van der Waals surface area contributed by atoms with E-state index in [1.807, 2.05) is 20.0 Å². The van der Waals surface area contributed by atoms with Crippen LogP contribution in [0.5, 0.6) is 5.75 Å². The zero-order chi connectivity index (χ0) is 12.3. The molecule has 5 nitrogen and oxygen atoms in total. The molecule has 1 heterocycles. The third-order valence-corrected chi connectivity index (χ3v) is 2.55. The second-order valence-corrected chi connectivity index (χ2v) is 3.96. The molecule has 1 aromatic carbocycles. The van der Waals surface area contributed by atoms with E-state index < -0.39 is 0 Å². The lowest BCUT2D eigenvalue weighted by Crippen LogP contribution is -2.23. The van der Waals surface area contributed by atoms with E-state index in [2.05, 4.69) is 15.5 Å². The van der Waals surface area contributed by atoms with E-state index in [0.717, 1.165) is 5.56 Å². The molecule has 2 N–H and O–H groups in total. The van der Waals surface area contributed by atoms with Crippen molar-refractivity contribution in [2.75, 3.05) is 7.05 Å². The van der Waals surface area contributed by atoms with Crippen LogP contribution in [0.1, 0.15) is 12.8 Å². The largest absolute Gasteiger partial charge is 0.508 e. The van der Waals surface area contributed by atoms with Gasteiger partial charge < -0.3 is 14.9 Å². The molecule has 1 unspecified atom stereocenters. The van der Waals surface area contributed by atoms with E-state index in [4.69, 9.17) is 4.52 Å². The minimum absolute atomic E-state index is 0.192. The quantitative estimate of drug-likeness (QED) is 0.839. The Labute approximate surface area is 99.5 Å². The average Bonchev–Trinajstić information content (AvgIpc) is 2.77. The van der Waals surface area contributed by atoms with Gasteiger partial charge in [-0.1, -0.05) is 17.3 Å². The summed E-state index contributed by atoms with van der Waals surface area (Å²) in [7, 11) is 1.89. The lowest BCUT2D eigenvalue weighted by molar-refractivity contribution is 0.365. The molecule has 0 bridgehead atoms. The zero-order valence-electron chi connectivity index (χ0n) is 9.84. The molecule has 0 amide bonds. The molecule has 2 rings (SSSR count). The predicted octanol–water partition coefficient (Wildman–Crippen LogP) is 1.59. The van der Waals surface area contributed by atoms with E-state index in [1.54, 1.807) is 18.2 Å². The first kappa shape index (κ1) is 11.6. The number of aromatic hydroxyl groups is 1. The van der Waals surface area contributed by atoms with Gasteiger partial charge in [0.05, 0.1) is 0 Å². The number of nitrogens with one attached hydrogen (secondary N) is 1. The zero-order valence-corrected chi connectivity index (χ0v) is 9.84. The van der Waals surface area contributed by atoms with Crippen LogP contribution in [0.15, 0.2) is 28.8 Å². The van der Waals surface area contributed by atoms with Crippen LogP contribution in [0.4, 0.5) is 0 Å². The van der Waals surface area contributed by atoms with Gasteiger partial charge in [0.25, 0.3) is 0 Å². The molecule has 2 aromatic rings. The van der Waals surface area contributed by atoms with Crippen molar-refractivity contribution in [3.8, 4) is 17.1 Å². The van der Waals surface area contributed by atoms with Crippen molar-refractivity contribution in [1.29, 1.82) is 0 Å². The van der Waals surface area contributed by atoms with E-state index in [9.17, 15) is 5.11 Å². The number of rotatable bonds is 4. The van der Waals surface area contributed by atoms with Gasteiger partial charge in [0, 0.05) is 18.0 Å². The monoisotopic (exact) mass is 233 g/mol. The molecular weight excluding hydrogens is 218 g/mol. The van der Waals surface area contributed by atoms with E-state index >= 15 is 0 Å². The molecule has 0 saturated carbocycles. The van der Waals surface area contributed by atoms with Gasteiger partial charge in [-0.2, -0.15) is 4.98 Å². The summed E-state index contributed by atoms with van der Waals surface area (Å²) in [5.41, 5.74) is 0.747. The summed E-state index contributed by atoms with van der Waals surface area (Å²) < 4.78 is 5.15. The van der Waals surface area contributed by atoms with Crippen molar-refractivity contribution in [2.45, 2.75) is 19.4 Å². The van der Waals surface area contributed by atoms with Crippen molar-refractivity contribution in [2.24, 2.45) is 0 Å². The first-order valence-corrected chi connectivity index (χ1v) is 5.48. The van der Waals surface area contributed by atoms with E-state index in [0.29, 0.717) is 18.1 Å². The Hall–Kier alpha value is -1.88. The molecule has 1 aromatic heterocycles. The maximum absolute atomic E-state index is 9.37. The van der Waals surface area contributed by atoms with Crippen molar-refractivity contribution in [3.05, 3.63) is 30.2 Å². The summed E-state index contributed by atoms with van der Waals surface area (Å²) in [6, 6.07) is 7.07. The number of phenolic OH excluding ortho intramolecular Hbond substituents is 1. The molecule has 1 atom stereocenters. The summed E-state index contributed by atoms with van der Waals surface area (Å²) in [6.07, 6.45) is 0.683. The summed E-state index contributed by atoms with van der Waals surface area (Å²) >= 11 is 0. The van der Waals surface area contributed by atoms with Gasteiger partial charge in [0.15, 0.2) is 0 Å². The molecule has 17 heavy (non-hydrogen) atoms. The molecule has 0 spiro atoms. The number of benzene rings is 1. The Morgan fingerprint density at radius 3 is 3.00 bits per heavy atom. The SMILES string of the molecule is CNC(C)Cc1nc(-c2cccc(O)c2)no1. The van der Waals surface area contributed by atoms with Crippen LogP contribution >= 0.6 is 0 Å². The second-order valence-electron chi connectivity index (χ2n) is 3.96. The van der Waals surface area contributed by atoms with Gasteiger partial charge in [-0.05, 0) is 26.1 Å².